The maximum absolute atomic E-state index is 5.45. The van der Waals surface area contributed by atoms with E-state index in [0.29, 0.717) is 0 Å². The van der Waals surface area contributed by atoms with Crippen molar-refractivity contribution in [2.75, 3.05) is 13.2 Å². The van der Waals surface area contributed by atoms with E-state index >= 15 is 0 Å². The molecule has 0 rings (SSSR count). The Morgan fingerprint density at radius 1 is 1.45 bits per heavy atom. The average molecular weight is 157 g/mol. The van der Waals surface area contributed by atoms with Gasteiger partial charge in [0.2, 0.25) is 0 Å². The number of rotatable bonds is 7. The first-order valence-electron chi connectivity index (χ1n) is 4.68. The SMILES string of the molecule is [CH2]CCCOCC(C)CCC. The second kappa shape index (κ2) is 8.06. The fourth-order valence-electron chi connectivity index (χ4n) is 1.06. The molecule has 0 saturated carbocycles. The fraction of sp³-hybridized carbons (Fsp3) is 0.900. The van der Waals surface area contributed by atoms with Crippen LogP contribution < -0.4 is 0 Å². The Hall–Kier alpha value is -0.0400. The number of hydrogen-bond acceptors (Lipinski definition) is 1. The molecule has 1 heteroatoms. The van der Waals surface area contributed by atoms with Crippen LogP contribution in [-0.4, -0.2) is 13.2 Å². The number of hydrogen-bond donors (Lipinski definition) is 0. The van der Waals surface area contributed by atoms with Gasteiger partial charge in [0.05, 0.1) is 0 Å². The minimum absolute atomic E-state index is 0.727. The van der Waals surface area contributed by atoms with Crippen LogP contribution in [0, 0.1) is 12.8 Å². The highest BCUT2D eigenvalue weighted by atomic mass is 16.5. The average Bonchev–Trinajstić information content (AvgIpc) is 1.99. The Labute approximate surface area is 71.1 Å². The van der Waals surface area contributed by atoms with E-state index in [4.69, 9.17) is 4.74 Å². The molecule has 0 aliphatic heterocycles. The fourth-order valence-corrected chi connectivity index (χ4v) is 1.06. The molecule has 0 spiro atoms. The zero-order valence-corrected chi connectivity index (χ0v) is 7.94. The van der Waals surface area contributed by atoms with Gasteiger partial charge in [-0.15, -0.1) is 0 Å². The van der Waals surface area contributed by atoms with E-state index in [-0.39, 0.29) is 0 Å². The number of ether oxygens (including phenoxy) is 1. The monoisotopic (exact) mass is 157 g/mol. The summed E-state index contributed by atoms with van der Waals surface area (Å²) in [6, 6.07) is 0. The molecule has 0 heterocycles. The lowest BCUT2D eigenvalue weighted by molar-refractivity contribution is 0.100. The van der Waals surface area contributed by atoms with Crippen LogP contribution in [0.3, 0.4) is 0 Å². The maximum atomic E-state index is 5.45. The van der Waals surface area contributed by atoms with Crippen molar-refractivity contribution in [1.82, 2.24) is 0 Å². The quantitative estimate of drug-likeness (QED) is 0.516. The highest BCUT2D eigenvalue weighted by Crippen LogP contribution is 2.05. The van der Waals surface area contributed by atoms with Gasteiger partial charge in [0.1, 0.15) is 0 Å². The molecule has 0 aromatic rings. The van der Waals surface area contributed by atoms with Crippen LogP contribution in [0.1, 0.15) is 39.5 Å². The van der Waals surface area contributed by atoms with Crippen LogP contribution in [0.15, 0.2) is 0 Å². The molecule has 0 aromatic heterocycles. The van der Waals surface area contributed by atoms with E-state index in [1.165, 1.54) is 12.8 Å². The molecule has 0 amide bonds. The zero-order valence-electron chi connectivity index (χ0n) is 7.94. The third-order valence-electron chi connectivity index (χ3n) is 1.72. The summed E-state index contributed by atoms with van der Waals surface area (Å²) in [5.74, 6) is 0.727. The Morgan fingerprint density at radius 3 is 2.73 bits per heavy atom. The first kappa shape index (κ1) is 11.0. The predicted molar refractivity (Wildman–Crippen MR) is 49.5 cm³/mol. The van der Waals surface area contributed by atoms with Crippen molar-refractivity contribution in [3.63, 3.8) is 0 Å². The van der Waals surface area contributed by atoms with Crippen LogP contribution in [0.2, 0.25) is 0 Å². The molecular weight excluding hydrogens is 136 g/mol. The van der Waals surface area contributed by atoms with Crippen molar-refractivity contribution in [2.45, 2.75) is 39.5 Å². The largest absolute Gasteiger partial charge is 0.381 e. The molecule has 1 unspecified atom stereocenters. The molecule has 67 valence electrons. The molecule has 1 radical (unpaired) electrons. The van der Waals surface area contributed by atoms with Gasteiger partial charge in [0.15, 0.2) is 0 Å². The summed E-state index contributed by atoms with van der Waals surface area (Å²) in [6.07, 6.45) is 4.63. The van der Waals surface area contributed by atoms with Gasteiger partial charge in [-0.05, 0) is 18.8 Å². The van der Waals surface area contributed by atoms with E-state index in [1.807, 2.05) is 0 Å². The van der Waals surface area contributed by atoms with Gasteiger partial charge in [-0.2, -0.15) is 0 Å². The highest BCUT2D eigenvalue weighted by molar-refractivity contribution is 4.49. The van der Waals surface area contributed by atoms with E-state index < -0.39 is 0 Å². The normalized spacial score (nSPS) is 13.4. The summed E-state index contributed by atoms with van der Waals surface area (Å²) in [5, 5.41) is 0. The van der Waals surface area contributed by atoms with E-state index in [0.717, 1.165) is 32.0 Å². The first-order valence-corrected chi connectivity index (χ1v) is 4.68. The van der Waals surface area contributed by atoms with Crippen LogP contribution in [0.4, 0.5) is 0 Å². The molecule has 11 heavy (non-hydrogen) atoms. The van der Waals surface area contributed by atoms with Crippen LogP contribution in [0.25, 0.3) is 0 Å². The Morgan fingerprint density at radius 2 is 2.18 bits per heavy atom. The Balaban J connectivity index is 2.97. The van der Waals surface area contributed by atoms with Gasteiger partial charge in [-0.1, -0.05) is 33.6 Å². The molecule has 0 N–H and O–H groups in total. The summed E-state index contributed by atoms with van der Waals surface area (Å²) in [7, 11) is 0. The highest BCUT2D eigenvalue weighted by Gasteiger charge is 1.98. The van der Waals surface area contributed by atoms with Crippen LogP contribution >= 0.6 is 0 Å². The molecule has 1 atom stereocenters. The van der Waals surface area contributed by atoms with Crippen molar-refractivity contribution in [1.29, 1.82) is 0 Å². The minimum atomic E-state index is 0.727. The van der Waals surface area contributed by atoms with Crippen molar-refractivity contribution in [3.8, 4) is 0 Å². The molecule has 0 bridgehead atoms. The van der Waals surface area contributed by atoms with Crippen molar-refractivity contribution in [3.05, 3.63) is 6.92 Å². The summed E-state index contributed by atoms with van der Waals surface area (Å²) < 4.78 is 5.45. The van der Waals surface area contributed by atoms with E-state index in [2.05, 4.69) is 20.8 Å². The number of unbranched alkanes of at least 4 members (excludes halogenated alkanes) is 1. The summed E-state index contributed by atoms with van der Waals surface area (Å²) in [5.41, 5.74) is 0. The lowest BCUT2D eigenvalue weighted by atomic mass is 10.1. The molecule has 0 saturated heterocycles. The van der Waals surface area contributed by atoms with Crippen LogP contribution in [-0.2, 0) is 4.74 Å². The molecular formula is C10H21O. The topological polar surface area (TPSA) is 9.23 Å². The lowest BCUT2D eigenvalue weighted by Crippen LogP contribution is -2.06. The first-order chi connectivity index (χ1) is 5.31. The third-order valence-corrected chi connectivity index (χ3v) is 1.72. The van der Waals surface area contributed by atoms with Gasteiger partial charge in [-0.3, -0.25) is 0 Å². The standard InChI is InChI=1S/C10H21O/c1-4-6-8-11-9-10(3)7-5-2/h10H,1,4-9H2,2-3H3. The van der Waals surface area contributed by atoms with E-state index in [9.17, 15) is 0 Å². The molecule has 0 aliphatic rings. The minimum Gasteiger partial charge on any atom is -0.381 e. The van der Waals surface area contributed by atoms with Gasteiger partial charge in [0.25, 0.3) is 0 Å². The zero-order chi connectivity index (χ0) is 8.53. The third kappa shape index (κ3) is 7.86. The summed E-state index contributed by atoms with van der Waals surface area (Å²) in [6.45, 7) is 10.0. The van der Waals surface area contributed by atoms with Gasteiger partial charge in [-0.25, -0.2) is 0 Å². The summed E-state index contributed by atoms with van der Waals surface area (Å²) >= 11 is 0. The maximum Gasteiger partial charge on any atom is 0.0491 e. The molecule has 0 fully saturated rings. The second-order valence-corrected chi connectivity index (χ2v) is 3.18. The van der Waals surface area contributed by atoms with Crippen molar-refractivity contribution >= 4 is 0 Å². The summed E-state index contributed by atoms with van der Waals surface area (Å²) in [4.78, 5) is 0. The predicted octanol–water partition coefficient (Wildman–Crippen LogP) is 3.05. The van der Waals surface area contributed by atoms with Crippen molar-refractivity contribution < 1.29 is 4.74 Å². The Kier molecular flexibility index (Phi) is 8.03. The second-order valence-electron chi connectivity index (χ2n) is 3.18. The van der Waals surface area contributed by atoms with Crippen LogP contribution in [0.5, 0.6) is 0 Å². The van der Waals surface area contributed by atoms with Crippen molar-refractivity contribution in [2.24, 2.45) is 5.92 Å². The molecule has 0 aliphatic carbocycles. The lowest BCUT2D eigenvalue weighted by Gasteiger charge is -2.09. The molecule has 1 nitrogen and oxygen atoms in total. The van der Waals surface area contributed by atoms with Gasteiger partial charge >= 0.3 is 0 Å². The van der Waals surface area contributed by atoms with Gasteiger partial charge in [0, 0.05) is 13.2 Å². The van der Waals surface area contributed by atoms with Gasteiger partial charge < -0.3 is 4.74 Å². The Bertz CT molecular complexity index is 71.3. The molecule has 0 aromatic carbocycles. The van der Waals surface area contributed by atoms with E-state index in [1.54, 1.807) is 0 Å². The smallest absolute Gasteiger partial charge is 0.0491 e.